The van der Waals surface area contributed by atoms with Gasteiger partial charge in [-0.1, -0.05) is 28.1 Å². The second kappa shape index (κ2) is 8.34. The van der Waals surface area contributed by atoms with Crippen molar-refractivity contribution in [2.24, 2.45) is 0 Å². The highest BCUT2D eigenvalue weighted by atomic mass is 79.9. The van der Waals surface area contributed by atoms with E-state index < -0.39 is 10.0 Å². The first kappa shape index (κ1) is 21.0. The van der Waals surface area contributed by atoms with Crippen LogP contribution in [0.25, 0.3) is 0 Å². The predicted octanol–water partition coefficient (Wildman–Crippen LogP) is 2.84. The molecule has 0 bridgehead atoms. The number of rotatable bonds is 7. The smallest absolute Gasteiger partial charge is 0.261 e. The van der Waals surface area contributed by atoms with E-state index in [0.717, 1.165) is 11.2 Å². The van der Waals surface area contributed by atoms with Crippen LogP contribution in [0, 0.1) is 0 Å². The highest BCUT2D eigenvalue weighted by Gasteiger charge is 2.35. The van der Waals surface area contributed by atoms with Crippen LogP contribution in [-0.2, 0) is 14.8 Å². The average Bonchev–Trinajstić information content (AvgIpc) is 2.86. The average molecular weight is 480 g/mol. The van der Waals surface area contributed by atoms with Crippen molar-refractivity contribution in [2.75, 3.05) is 22.8 Å². The molecule has 2 N–H and O–H groups in total. The van der Waals surface area contributed by atoms with Crippen LogP contribution in [0.5, 0.6) is 0 Å². The molecule has 0 aliphatic carbocycles. The number of nitrogens with one attached hydrogen (secondary N) is 2. The summed E-state index contributed by atoms with van der Waals surface area (Å²) in [6, 6.07) is 11.3. The molecule has 2 aromatic carbocycles. The van der Waals surface area contributed by atoms with Crippen LogP contribution in [0.4, 0.5) is 11.4 Å². The zero-order chi connectivity index (χ0) is 21.2. The maximum absolute atomic E-state index is 12.4. The molecule has 0 unspecified atom stereocenters. The molecule has 0 aromatic heterocycles. The van der Waals surface area contributed by atoms with E-state index in [4.69, 9.17) is 0 Å². The molecular formula is C19H18BrN3O5S. The summed E-state index contributed by atoms with van der Waals surface area (Å²) in [6.07, 6.45) is 1.36. The number of hydrogen-bond donors (Lipinski definition) is 2. The molecule has 29 heavy (non-hydrogen) atoms. The SMILES string of the molecule is CS(=O)(=O)Nc1ccccc1NC(=O)CCCN1C(=O)c2ccc(Br)cc2C1=O. The van der Waals surface area contributed by atoms with Crippen LogP contribution in [-0.4, -0.2) is 43.8 Å². The van der Waals surface area contributed by atoms with Gasteiger partial charge in [0, 0.05) is 17.4 Å². The summed E-state index contributed by atoms with van der Waals surface area (Å²) >= 11 is 3.28. The number of nitrogens with zero attached hydrogens (tertiary/aromatic N) is 1. The number of carbonyl (C=O) groups excluding carboxylic acids is 3. The van der Waals surface area contributed by atoms with Crippen molar-refractivity contribution in [3.05, 3.63) is 58.1 Å². The molecule has 1 aliphatic heterocycles. The second-order valence-electron chi connectivity index (χ2n) is 6.52. The fourth-order valence-corrected chi connectivity index (χ4v) is 3.90. The summed E-state index contributed by atoms with van der Waals surface area (Å²) < 4.78 is 25.9. The van der Waals surface area contributed by atoms with Gasteiger partial charge in [-0.2, -0.15) is 0 Å². The number of sulfonamides is 1. The van der Waals surface area contributed by atoms with E-state index in [2.05, 4.69) is 26.0 Å². The Morgan fingerprint density at radius 2 is 1.69 bits per heavy atom. The molecule has 0 atom stereocenters. The number of carbonyl (C=O) groups is 3. The van der Waals surface area contributed by atoms with Gasteiger partial charge in [0.2, 0.25) is 15.9 Å². The number of amides is 3. The molecule has 2 aromatic rings. The lowest BCUT2D eigenvalue weighted by Gasteiger charge is -2.14. The normalized spacial score (nSPS) is 13.4. The lowest BCUT2D eigenvalue weighted by Crippen LogP contribution is -2.31. The van der Waals surface area contributed by atoms with Gasteiger partial charge in [-0.25, -0.2) is 8.42 Å². The summed E-state index contributed by atoms with van der Waals surface area (Å²) in [5.74, 6) is -1.11. The van der Waals surface area contributed by atoms with Gasteiger partial charge in [-0.3, -0.25) is 24.0 Å². The van der Waals surface area contributed by atoms with Crippen LogP contribution in [0.15, 0.2) is 46.9 Å². The van der Waals surface area contributed by atoms with Crippen LogP contribution in [0.1, 0.15) is 33.6 Å². The summed E-state index contributed by atoms with van der Waals surface area (Å²) in [5.41, 5.74) is 1.28. The van der Waals surface area contributed by atoms with Crippen molar-refractivity contribution in [2.45, 2.75) is 12.8 Å². The standard InChI is InChI=1S/C19H18BrN3O5S/c1-29(27,28)22-16-6-3-2-5-15(16)21-17(24)7-4-10-23-18(25)13-9-8-12(20)11-14(13)19(23)26/h2-3,5-6,8-9,11,22H,4,7,10H2,1H3,(H,21,24). The number of benzene rings is 2. The Bertz CT molecular complexity index is 1100. The third-order valence-corrected chi connectivity index (χ3v) is 5.30. The zero-order valence-electron chi connectivity index (χ0n) is 15.4. The van der Waals surface area contributed by atoms with E-state index in [1.165, 1.54) is 6.07 Å². The topological polar surface area (TPSA) is 113 Å². The van der Waals surface area contributed by atoms with E-state index >= 15 is 0 Å². The first-order valence-electron chi connectivity index (χ1n) is 8.68. The third-order valence-electron chi connectivity index (χ3n) is 4.21. The zero-order valence-corrected chi connectivity index (χ0v) is 17.8. The fourth-order valence-electron chi connectivity index (χ4n) is 2.96. The van der Waals surface area contributed by atoms with E-state index in [9.17, 15) is 22.8 Å². The van der Waals surface area contributed by atoms with Gasteiger partial charge in [0.05, 0.1) is 28.8 Å². The molecule has 0 radical (unpaired) electrons. The first-order valence-corrected chi connectivity index (χ1v) is 11.4. The molecule has 0 fully saturated rings. The number of imide groups is 1. The molecule has 0 saturated carbocycles. The van der Waals surface area contributed by atoms with Gasteiger partial charge >= 0.3 is 0 Å². The number of hydrogen-bond acceptors (Lipinski definition) is 5. The largest absolute Gasteiger partial charge is 0.324 e. The lowest BCUT2D eigenvalue weighted by molar-refractivity contribution is -0.116. The molecule has 10 heteroatoms. The van der Waals surface area contributed by atoms with Gasteiger partial charge in [-0.05, 0) is 36.8 Å². The number of para-hydroxylation sites is 2. The Morgan fingerprint density at radius 1 is 1.03 bits per heavy atom. The minimum absolute atomic E-state index is 0.0598. The molecule has 1 heterocycles. The van der Waals surface area contributed by atoms with E-state index in [0.29, 0.717) is 21.3 Å². The number of fused-ring (bicyclic) bond motifs is 1. The second-order valence-corrected chi connectivity index (χ2v) is 9.19. The molecule has 3 rings (SSSR count). The molecule has 0 spiro atoms. The minimum Gasteiger partial charge on any atom is -0.324 e. The van der Waals surface area contributed by atoms with Crippen molar-refractivity contribution in [3.8, 4) is 0 Å². The van der Waals surface area contributed by atoms with Gasteiger partial charge in [0.1, 0.15) is 0 Å². The molecule has 152 valence electrons. The lowest BCUT2D eigenvalue weighted by atomic mass is 10.1. The van der Waals surface area contributed by atoms with Crippen LogP contribution in [0.2, 0.25) is 0 Å². The van der Waals surface area contributed by atoms with Crippen molar-refractivity contribution < 1.29 is 22.8 Å². The molecule has 1 aliphatic rings. The van der Waals surface area contributed by atoms with Crippen molar-refractivity contribution in [1.29, 1.82) is 0 Å². The highest BCUT2D eigenvalue weighted by molar-refractivity contribution is 9.10. The van der Waals surface area contributed by atoms with Gasteiger partial charge in [0.25, 0.3) is 11.8 Å². The predicted molar refractivity (Wildman–Crippen MR) is 112 cm³/mol. The van der Waals surface area contributed by atoms with E-state index in [1.807, 2.05) is 0 Å². The summed E-state index contributed by atoms with van der Waals surface area (Å²) in [7, 11) is -3.49. The Morgan fingerprint density at radius 3 is 2.38 bits per heavy atom. The van der Waals surface area contributed by atoms with E-state index in [-0.39, 0.29) is 42.8 Å². The molecule has 3 amide bonds. The Kier molecular flexibility index (Phi) is 6.04. The summed E-state index contributed by atoms with van der Waals surface area (Å²) in [4.78, 5) is 38.2. The van der Waals surface area contributed by atoms with Crippen molar-refractivity contribution >= 4 is 55.0 Å². The summed E-state index contributed by atoms with van der Waals surface area (Å²) in [5, 5.41) is 2.65. The molecule has 0 saturated heterocycles. The van der Waals surface area contributed by atoms with Crippen LogP contribution < -0.4 is 10.0 Å². The maximum Gasteiger partial charge on any atom is 0.261 e. The number of anilines is 2. The number of halogens is 1. The minimum atomic E-state index is -3.49. The third kappa shape index (κ3) is 5.01. The van der Waals surface area contributed by atoms with E-state index in [1.54, 1.807) is 36.4 Å². The monoisotopic (exact) mass is 479 g/mol. The van der Waals surface area contributed by atoms with Crippen molar-refractivity contribution in [3.63, 3.8) is 0 Å². The molecule has 8 nitrogen and oxygen atoms in total. The van der Waals surface area contributed by atoms with Gasteiger partial charge < -0.3 is 5.32 Å². The van der Waals surface area contributed by atoms with Crippen molar-refractivity contribution in [1.82, 2.24) is 4.90 Å². The molecular weight excluding hydrogens is 462 g/mol. The first-order chi connectivity index (χ1) is 13.7. The van der Waals surface area contributed by atoms with Gasteiger partial charge in [-0.15, -0.1) is 0 Å². The Hall–Kier alpha value is -2.72. The Balaban J connectivity index is 1.58. The highest BCUT2D eigenvalue weighted by Crippen LogP contribution is 2.26. The quantitative estimate of drug-likeness (QED) is 0.592. The fraction of sp³-hybridized carbons (Fsp3) is 0.211. The van der Waals surface area contributed by atoms with Gasteiger partial charge in [0.15, 0.2) is 0 Å². The summed E-state index contributed by atoms with van der Waals surface area (Å²) in [6.45, 7) is 0.112. The Labute approximate surface area is 176 Å². The maximum atomic E-state index is 12.4. The van der Waals surface area contributed by atoms with Crippen LogP contribution in [0.3, 0.4) is 0 Å². The van der Waals surface area contributed by atoms with Crippen LogP contribution >= 0.6 is 15.9 Å².